The summed E-state index contributed by atoms with van der Waals surface area (Å²) in [6, 6.07) is 4.88. The van der Waals surface area contributed by atoms with Crippen molar-refractivity contribution in [2.45, 2.75) is 33.3 Å². The summed E-state index contributed by atoms with van der Waals surface area (Å²) in [4.78, 5) is 11.2. The minimum atomic E-state index is -0.914. The smallest absolute Gasteiger partial charge is 0.159 e. The van der Waals surface area contributed by atoms with Crippen LogP contribution in [0.3, 0.4) is 0 Å². The summed E-state index contributed by atoms with van der Waals surface area (Å²) in [7, 11) is 0. The number of rotatable bonds is 5. The van der Waals surface area contributed by atoms with Crippen LogP contribution in [0.25, 0.3) is 0 Å². The molecular formula is C14H19ClO3. The lowest BCUT2D eigenvalue weighted by molar-refractivity contribution is -0.0266. The maximum absolute atomic E-state index is 11.2. The zero-order valence-corrected chi connectivity index (χ0v) is 11.9. The fourth-order valence-electron chi connectivity index (χ4n) is 1.23. The first-order chi connectivity index (χ1) is 8.24. The van der Waals surface area contributed by atoms with Gasteiger partial charge in [0.1, 0.15) is 12.4 Å². The summed E-state index contributed by atoms with van der Waals surface area (Å²) in [6.07, 6.45) is 0. The molecule has 0 saturated carbocycles. The van der Waals surface area contributed by atoms with Gasteiger partial charge in [-0.1, -0.05) is 25.4 Å². The van der Waals surface area contributed by atoms with Crippen molar-refractivity contribution in [3.63, 3.8) is 0 Å². The fourth-order valence-corrected chi connectivity index (χ4v) is 1.46. The lowest BCUT2D eigenvalue weighted by Crippen LogP contribution is -2.37. The molecule has 3 nitrogen and oxygen atoms in total. The zero-order valence-electron chi connectivity index (χ0n) is 11.2. The van der Waals surface area contributed by atoms with Crippen LogP contribution in [0.5, 0.6) is 5.75 Å². The molecule has 1 N–H and O–H groups in total. The maximum atomic E-state index is 11.2. The van der Waals surface area contributed by atoms with Gasteiger partial charge >= 0.3 is 0 Å². The summed E-state index contributed by atoms with van der Waals surface area (Å²) in [5.41, 5.74) is -0.370. The van der Waals surface area contributed by atoms with Crippen molar-refractivity contribution in [3.05, 3.63) is 28.8 Å². The van der Waals surface area contributed by atoms with Gasteiger partial charge < -0.3 is 9.84 Å². The third-order valence-electron chi connectivity index (χ3n) is 3.10. The van der Waals surface area contributed by atoms with Crippen LogP contribution in [0.2, 0.25) is 5.02 Å². The highest BCUT2D eigenvalue weighted by atomic mass is 35.5. The molecule has 0 heterocycles. The number of hydrogen-bond donors (Lipinski definition) is 1. The molecule has 1 unspecified atom stereocenters. The first kappa shape index (κ1) is 15.0. The first-order valence-electron chi connectivity index (χ1n) is 5.89. The van der Waals surface area contributed by atoms with E-state index in [9.17, 15) is 9.90 Å². The Morgan fingerprint density at radius 2 is 2.11 bits per heavy atom. The predicted octanol–water partition coefficient (Wildman–Crippen LogP) is 3.33. The number of benzene rings is 1. The van der Waals surface area contributed by atoms with Gasteiger partial charge in [-0.05, 0) is 38.0 Å². The van der Waals surface area contributed by atoms with Gasteiger partial charge in [-0.15, -0.1) is 0 Å². The van der Waals surface area contributed by atoms with Crippen molar-refractivity contribution in [2.75, 3.05) is 6.61 Å². The molecule has 0 spiro atoms. The lowest BCUT2D eigenvalue weighted by atomic mass is 9.94. The Labute approximate surface area is 113 Å². The number of hydrogen-bond acceptors (Lipinski definition) is 3. The summed E-state index contributed by atoms with van der Waals surface area (Å²) >= 11 is 6.02. The molecular weight excluding hydrogens is 252 g/mol. The molecule has 0 aromatic heterocycles. The van der Waals surface area contributed by atoms with Crippen LogP contribution in [0.4, 0.5) is 0 Å². The molecule has 0 radical (unpaired) electrons. The Balaban J connectivity index is 2.78. The van der Waals surface area contributed by atoms with Gasteiger partial charge in [0.05, 0.1) is 10.6 Å². The minimum absolute atomic E-state index is 0.0439. The molecule has 0 bridgehead atoms. The second-order valence-corrected chi connectivity index (χ2v) is 5.41. The SMILES string of the molecule is CC(=O)c1ccc(OCC(C)(O)C(C)C)c(Cl)c1. The van der Waals surface area contributed by atoms with Gasteiger partial charge in [-0.2, -0.15) is 0 Å². The highest BCUT2D eigenvalue weighted by Crippen LogP contribution is 2.27. The van der Waals surface area contributed by atoms with Crippen LogP contribution in [0, 0.1) is 5.92 Å². The van der Waals surface area contributed by atoms with E-state index < -0.39 is 5.60 Å². The molecule has 0 saturated heterocycles. The normalized spacial score (nSPS) is 14.4. The Kier molecular flexibility index (Phi) is 4.77. The van der Waals surface area contributed by atoms with Gasteiger partial charge in [0.15, 0.2) is 5.78 Å². The number of ketones is 1. The Morgan fingerprint density at radius 1 is 1.50 bits per heavy atom. The van der Waals surface area contributed by atoms with E-state index in [-0.39, 0.29) is 18.3 Å². The average Bonchev–Trinajstić information content (AvgIpc) is 2.26. The van der Waals surface area contributed by atoms with E-state index in [1.165, 1.54) is 6.92 Å². The summed E-state index contributed by atoms with van der Waals surface area (Å²) in [6.45, 7) is 7.20. The molecule has 1 aromatic carbocycles. The number of carbonyl (C=O) groups is 1. The molecule has 0 aliphatic carbocycles. The Morgan fingerprint density at radius 3 is 2.56 bits per heavy atom. The number of ether oxygens (including phenoxy) is 1. The zero-order chi connectivity index (χ0) is 13.9. The predicted molar refractivity (Wildman–Crippen MR) is 72.4 cm³/mol. The van der Waals surface area contributed by atoms with Crippen LogP contribution in [-0.4, -0.2) is 23.1 Å². The van der Waals surface area contributed by atoms with Crippen LogP contribution in [0.1, 0.15) is 38.1 Å². The van der Waals surface area contributed by atoms with E-state index in [2.05, 4.69) is 0 Å². The van der Waals surface area contributed by atoms with E-state index in [0.29, 0.717) is 16.3 Å². The van der Waals surface area contributed by atoms with E-state index in [0.717, 1.165) is 0 Å². The minimum Gasteiger partial charge on any atom is -0.489 e. The second-order valence-electron chi connectivity index (χ2n) is 5.00. The molecule has 0 fully saturated rings. The fraction of sp³-hybridized carbons (Fsp3) is 0.500. The molecule has 1 rings (SSSR count). The van der Waals surface area contributed by atoms with Gasteiger partial charge in [0.25, 0.3) is 0 Å². The van der Waals surface area contributed by atoms with Crippen molar-refractivity contribution < 1.29 is 14.6 Å². The van der Waals surface area contributed by atoms with Crippen LogP contribution in [-0.2, 0) is 0 Å². The van der Waals surface area contributed by atoms with Crippen molar-refractivity contribution in [2.24, 2.45) is 5.92 Å². The van der Waals surface area contributed by atoms with E-state index in [1.54, 1.807) is 25.1 Å². The molecule has 4 heteroatoms. The summed E-state index contributed by atoms with van der Waals surface area (Å²) < 4.78 is 5.50. The second kappa shape index (κ2) is 5.72. The van der Waals surface area contributed by atoms with Crippen molar-refractivity contribution >= 4 is 17.4 Å². The van der Waals surface area contributed by atoms with E-state index in [1.807, 2.05) is 13.8 Å². The monoisotopic (exact) mass is 270 g/mol. The summed E-state index contributed by atoms with van der Waals surface area (Å²) in [5, 5.41) is 10.4. The van der Waals surface area contributed by atoms with Crippen LogP contribution < -0.4 is 4.74 Å². The standard InChI is InChI=1S/C14H19ClO3/c1-9(2)14(4,17)8-18-13-6-5-11(10(3)16)7-12(13)15/h5-7,9,17H,8H2,1-4H3. The molecule has 100 valence electrons. The number of Topliss-reactive ketones (excluding diaryl/α,β-unsaturated/α-hetero) is 1. The van der Waals surface area contributed by atoms with Crippen molar-refractivity contribution in [1.82, 2.24) is 0 Å². The Bertz CT molecular complexity index is 439. The topological polar surface area (TPSA) is 46.5 Å². The molecule has 0 aliphatic heterocycles. The molecule has 18 heavy (non-hydrogen) atoms. The van der Waals surface area contributed by atoms with Gasteiger partial charge in [-0.3, -0.25) is 4.79 Å². The number of halogens is 1. The number of aliphatic hydroxyl groups is 1. The van der Waals surface area contributed by atoms with Gasteiger partial charge in [0.2, 0.25) is 0 Å². The third-order valence-corrected chi connectivity index (χ3v) is 3.40. The third kappa shape index (κ3) is 3.72. The first-order valence-corrected chi connectivity index (χ1v) is 6.27. The quantitative estimate of drug-likeness (QED) is 0.835. The average molecular weight is 271 g/mol. The lowest BCUT2D eigenvalue weighted by Gasteiger charge is -2.27. The largest absolute Gasteiger partial charge is 0.489 e. The molecule has 0 amide bonds. The van der Waals surface area contributed by atoms with Gasteiger partial charge in [0, 0.05) is 5.56 Å². The van der Waals surface area contributed by atoms with Crippen molar-refractivity contribution in [1.29, 1.82) is 0 Å². The Hall–Kier alpha value is -1.06. The highest BCUT2D eigenvalue weighted by Gasteiger charge is 2.26. The molecule has 1 atom stereocenters. The molecule has 0 aliphatic rings. The summed E-state index contributed by atoms with van der Waals surface area (Å²) in [5.74, 6) is 0.507. The van der Waals surface area contributed by atoms with Gasteiger partial charge in [-0.25, -0.2) is 0 Å². The maximum Gasteiger partial charge on any atom is 0.159 e. The highest BCUT2D eigenvalue weighted by molar-refractivity contribution is 6.32. The van der Waals surface area contributed by atoms with Crippen LogP contribution in [0.15, 0.2) is 18.2 Å². The van der Waals surface area contributed by atoms with E-state index >= 15 is 0 Å². The number of carbonyl (C=O) groups excluding carboxylic acids is 1. The molecule has 1 aromatic rings. The van der Waals surface area contributed by atoms with Crippen molar-refractivity contribution in [3.8, 4) is 5.75 Å². The van der Waals surface area contributed by atoms with Crippen LogP contribution >= 0.6 is 11.6 Å². The van der Waals surface area contributed by atoms with E-state index in [4.69, 9.17) is 16.3 Å².